The molecule has 2 heterocycles. The van der Waals surface area contributed by atoms with Crippen molar-refractivity contribution in [2.24, 2.45) is 0 Å². The van der Waals surface area contributed by atoms with Crippen LogP contribution in [0.1, 0.15) is 32.3 Å². The van der Waals surface area contributed by atoms with Gasteiger partial charge in [0.1, 0.15) is 0 Å². The van der Waals surface area contributed by atoms with Crippen LogP contribution in [0.15, 0.2) is 66.9 Å². The summed E-state index contributed by atoms with van der Waals surface area (Å²) in [4.78, 5) is 34.5. The van der Waals surface area contributed by atoms with Gasteiger partial charge in [-0.15, -0.1) is 0 Å². The van der Waals surface area contributed by atoms with Crippen molar-refractivity contribution in [2.45, 2.75) is 39.7 Å². The van der Waals surface area contributed by atoms with Crippen LogP contribution in [0.25, 0.3) is 22.0 Å². The summed E-state index contributed by atoms with van der Waals surface area (Å²) in [5, 5.41) is 10.2. The first-order valence-electron chi connectivity index (χ1n) is 12.9. The van der Waals surface area contributed by atoms with Gasteiger partial charge in [0.15, 0.2) is 0 Å². The number of nitrogens with zero attached hydrogens (tertiary/aromatic N) is 3. The number of carbonyl (C=O) groups is 2. The second-order valence-corrected chi connectivity index (χ2v) is 9.78. The molecule has 1 saturated heterocycles. The number of nitrogens with one attached hydrogen (secondary N) is 3. The molecular formula is C30H32N6O2. The third-order valence-corrected chi connectivity index (χ3v) is 6.82. The topological polar surface area (TPSA) is 99.3 Å². The Hall–Kier alpha value is -4.46. The van der Waals surface area contributed by atoms with Gasteiger partial charge in [-0.1, -0.05) is 30.3 Å². The van der Waals surface area contributed by atoms with Crippen molar-refractivity contribution in [3.63, 3.8) is 0 Å². The molecule has 1 aliphatic rings. The highest BCUT2D eigenvalue weighted by Crippen LogP contribution is 2.30. The van der Waals surface area contributed by atoms with Gasteiger partial charge in [-0.25, -0.2) is 9.97 Å². The van der Waals surface area contributed by atoms with E-state index in [0.717, 1.165) is 59.3 Å². The Balaban J connectivity index is 1.34. The molecule has 0 aliphatic carbocycles. The molecule has 38 heavy (non-hydrogen) atoms. The molecule has 1 fully saturated rings. The number of amides is 2. The molecule has 0 spiro atoms. The number of hydrogen-bond donors (Lipinski definition) is 3. The standard InChI is InChI=1S/C30H32N6O2/c1-19-17-26(11-12-28(19)36-15-13-25(14-16-36)33-21(3)38)34-30-31-18-23-5-4-6-27(29(23)35-30)22-7-9-24(10-8-22)32-20(2)37/h4-12,17-18,25H,13-16H2,1-3H3,(H,32,37)(H,33,38)(H,31,34,35). The largest absolute Gasteiger partial charge is 0.371 e. The lowest BCUT2D eigenvalue weighted by Crippen LogP contribution is -2.44. The van der Waals surface area contributed by atoms with Crippen molar-refractivity contribution < 1.29 is 9.59 Å². The van der Waals surface area contributed by atoms with Gasteiger partial charge in [0.2, 0.25) is 17.8 Å². The molecule has 5 rings (SSSR count). The Morgan fingerprint density at radius 3 is 2.34 bits per heavy atom. The number of aromatic nitrogens is 2. The number of rotatable bonds is 6. The summed E-state index contributed by atoms with van der Waals surface area (Å²) in [5.74, 6) is 0.474. The molecule has 0 saturated carbocycles. The van der Waals surface area contributed by atoms with E-state index in [4.69, 9.17) is 4.98 Å². The smallest absolute Gasteiger partial charge is 0.227 e. The number of para-hydroxylation sites is 1. The maximum atomic E-state index is 11.4. The maximum absolute atomic E-state index is 11.4. The molecule has 1 aliphatic heterocycles. The average Bonchev–Trinajstić information content (AvgIpc) is 2.89. The van der Waals surface area contributed by atoms with E-state index in [9.17, 15) is 9.59 Å². The van der Waals surface area contributed by atoms with Crippen LogP contribution in [-0.2, 0) is 9.59 Å². The van der Waals surface area contributed by atoms with E-state index in [2.05, 4.69) is 51.0 Å². The quantitative estimate of drug-likeness (QED) is 0.322. The summed E-state index contributed by atoms with van der Waals surface area (Å²) in [5.41, 5.74) is 6.93. The van der Waals surface area contributed by atoms with Crippen LogP contribution in [-0.4, -0.2) is 40.9 Å². The monoisotopic (exact) mass is 508 g/mol. The number of aryl methyl sites for hydroxylation is 1. The summed E-state index contributed by atoms with van der Waals surface area (Å²) >= 11 is 0. The van der Waals surface area contributed by atoms with Gasteiger partial charge in [-0.2, -0.15) is 0 Å². The van der Waals surface area contributed by atoms with Crippen LogP contribution in [0.2, 0.25) is 0 Å². The van der Waals surface area contributed by atoms with Gasteiger partial charge in [-0.3, -0.25) is 9.59 Å². The third-order valence-electron chi connectivity index (χ3n) is 6.82. The highest BCUT2D eigenvalue weighted by atomic mass is 16.2. The highest BCUT2D eigenvalue weighted by molar-refractivity contribution is 5.95. The van der Waals surface area contributed by atoms with Gasteiger partial charge in [0, 0.05) is 67.2 Å². The molecule has 1 aromatic heterocycles. The Labute approximate surface area is 222 Å². The van der Waals surface area contributed by atoms with Crippen LogP contribution in [0, 0.1) is 6.92 Å². The number of fused-ring (bicyclic) bond motifs is 1. The summed E-state index contributed by atoms with van der Waals surface area (Å²) in [6.45, 7) is 7.03. The number of anilines is 4. The van der Waals surface area contributed by atoms with E-state index in [-0.39, 0.29) is 17.9 Å². The van der Waals surface area contributed by atoms with Crippen LogP contribution >= 0.6 is 0 Å². The third kappa shape index (κ3) is 5.75. The van der Waals surface area contributed by atoms with Crippen molar-refractivity contribution >= 4 is 45.7 Å². The Kier molecular flexibility index (Phi) is 7.22. The zero-order chi connectivity index (χ0) is 26.6. The number of benzene rings is 3. The second-order valence-electron chi connectivity index (χ2n) is 9.78. The molecule has 0 bridgehead atoms. The molecule has 3 N–H and O–H groups in total. The molecule has 4 aromatic rings. The van der Waals surface area contributed by atoms with Crippen molar-refractivity contribution in [1.82, 2.24) is 15.3 Å². The van der Waals surface area contributed by atoms with E-state index < -0.39 is 0 Å². The van der Waals surface area contributed by atoms with E-state index in [1.807, 2.05) is 48.7 Å². The van der Waals surface area contributed by atoms with Gasteiger partial charge in [0.05, 0.1) is 5.52 Å². The molecule has 0 atom stereocenters. The summed E-state index contributed by atoms with van der Waals surface area (Å²) in [6.07, 6.45) is 3.73. The van der Waals surface area contributed by atoms with Gasteiger partial charge >= 0.3 is 0 Å². The van der Waals surface area contributed by atoms with E-state index >= 15 is 0 Å². The zero-order valence-corrected chi connectivity index (χ0v) is 21.9. The minimum atomic E-state index is -0.0961. The van der Waals surface area contributed by atoms with Crippen LogP contribution in [0.4, 0.5) is 23.0 Å². The van der Waals surface area contributed by atoms with Gasteiger partial charge < -0.3 is 20.9 Å². The molecule has 194 valence electrons. The lowest BCUT2D eigenvalue weighted by atomic mass is 10.0. The van der Waals surface area contributed by atoms with E-state index in [0.29, 0.717) is 5.95 Å². The van der Waals surface area contributed by atoms with E-state index in [1.165, 1.54) is 18.2 Å². The normalized spacial score (nSPS) is 13.8. The van der Waals surface area contributed by atoms with Crippen molar-refractivity contribution in [1.29, 1.82) is 0 Å². The number of hydrogen-bond acceptors (Lipinski definition) is 6. The lowest BCUT2D eigenvalue weighted by molar-refractivity contribution is -0.119. The molecule has 3 aromatic carbocycles. The predicted molar refractivity (Wildman–Crippen MR) is 153 cm³/mol. The predicted octanol–water partition coefficient (Wildman–Crippen LogP) is 5.41. The summed E-state index contributed by atoms with van der Waals surface area (Å²) in [6, 6.07) is 20.4. The van der Waals surface area contributed by atoms with Crippen LogP contribution in [0.5, 0.6) is 0 Å². The van der Waals surface area contributed by atoms with Crippen LogP contribution in [0.3, 0.4) is 0 Å². The Bertz CT molecular complexity index is 1480. The molecular weight excluding hydrogens is 476 g/mol. The Morgan fingerprint density at radius 1 is 0.921 bits per heavy atom. The average molecular weight is 509 g/mol. The number of carbonyl (C=O) groups excluding carboxylic acids is 2. The molecule has 8 heteroatoms. The van der Waals surface area contributed by atoms with Crippen LogP contribution < -0.4 is 20.9 Å². The zero-order valence-electron chi connectivity index (χ0n) is 21.9. The first-order chi connectivity index (χ1) is 18.4. The molecule has 8 nitrogen and oxygen atoms in total. The maximum Gasteiger partial charge on any atom is 0.227 e. The first-order valence-corrected chi connectivity index (χ1v) is 12.9. The molecule has 0 radical (unpaired) electrons. The lowest BCUT2D eigenvalue weighted by Gasteiger charge is -2.34. The summed E-state index contributed by atoms with van der Waals surface area (Å²) < 4.78 is 0. The molecule has 2 amide bonds. The van der Waals surface area contributed by atoms with Crippen molar-refractivity contribution in [3.8, 4) is 11.1 Å². The molecule has 0 unspecified atom stereocenters. The van der Waals surface area contributed by atoms with Gasteiger partial charge in [0.25, 0.3) is 0 Å². The highest BCUT2D eigenvalue weighted by Gasteiger charge is 2.21. The Morgan fingerprint density at radius 2 is 1.66 bits per heavy atom. The van der Waals surface area contributed by atoms with Gasteiger partial charge in [-0.05, 0) is 61.2 Å². The first kappa shape index (κ1) is 25.2. The fraction of sp³-hybridized carbons (Fsp3) is 0.267. The van der Waals surface area contributed by atoms with Crippen molar-refractivity contribution in [3.05, 3.63) is 72.4 Å². The minimum Gasteiger partial charge on any atom is -0.371 e. The number of piperidine rings is 1. The fourth-order valence-electron chi connectivity index (χ4n) is 5.05. The minimum absolute atomic E-state index is 0.0398. The van der Waals surface area contributed by atoms with E-state index in [1.54, 1.807) is 6.92 Å². The second kappa shape index (κ2) is 10.9. The SMILES string of the molecule is CC(=O)Nc1ccc(-c2cccc3cnc(Nc4ccc(N5CCC(NC(C)=O)CC5)c(C)c4)nc23)cc1. The summed E-state index contributed by atoms with van der Waals surface area (Å²) in [7, 11) is 0. The van der Waals surface area contributed by atoms with Crippen molar-refractivity contribution in [2.75, 3.05) is 28.6 Å². The fourth-order valence-corrected chi connectivity index (χ4v) is 5.05.